The predicted molar refractivity (Wildman–Crippen MR) is 76.9 cm³/mol. The van der Waals surface area contributed by atoms with Crippen LogP contribution >= 0.6 is 43.2 Å². The van der Waals surface area contributed by atoms with Gasteiger partial charge in [-0.25, -0.2) is 4.98 Å². The smallest absolute Gasteiger partial charge is 0.298 e. The lowest BCUT2D eigenvalue weighted by Crippen LogP contribution is -2.14. The minimum atomic E-state index is -4.53. The van der Waals surface area contributed by atoms with E-state index in [1.165, 1.54) is 29.7 Å². The zero-order valence-corrected chi connectivity index (χ0v) is 13.5. The molecule has 0 saturated carbocycles. The maximum atomic E-state index is 12.7. The van der Waals surface area contributed by atoms with Crippen LogP contribution in [-0.2, 0) is 6.18 Å². The van der Waals surface area contributed by atoms with E-state index in [1.807, 2.05) is 0 Å². The second-order valence-corrected chi connectivity index (χ2v) is 6.88. The number of rotatable bonds is 2. The van der Waals surface area contributed by atoms with Crippen LogP contribution in [0, 0.1) is 0 Å². The third-order valence-corrected chi connectivity index (χ3v) is 4.31. The zero-order valence-electron chi connectivity index (χ0n) is 9.46. The molecule has 3 nitrogen and oxygen atoms in total. The number of anilines is 1. The summed E-state index contributed by atoms with van der Waals surface area (Å²) in [6.07, 6.45) is -3.04. The van der Waals surface area contributed by atoms with E-state index in [0.29, 0.717) is 8.92 Å². The molecule has 2 rings (SSSR count). The van der Waals surface area contributed by atoms with Gasteiger partial charge in [-0.05, 0) is 34.1 Å². The van der Waals surface area contributed by atoms with Gasteiger partial charge in [0.25, 0.3) is 5.91 Å². The summed E-state index contributed by atoms with van der Waals surface area (Å²) in [5, 5.41) is 2.74. The van der Waals surface area contributed by atoms with Crippen molar-refractivity contribution in [3.8, 4) is 0 Å². The van der Waals surface area contributed by atoms with E-state index >= 15 is 0 Å². The quantitative estimate of drug-likeness (QED) is 0.734. The molecule has 0 spiro atoms. The van der Waals surface area contributed by atoms with Crippen molar-refractivity contribution in [2.45, 2.75) is 6.18 Å². The molecule has 1 amide bonds. The third kappa shape index (κ3) is 3.58. The third-order valence-electron chi connectivity index (χ3n) is 2.23. The Morgan fingerprint density at radius 1 is 1.30 bits per heavy atom. The summed E-state index contributed by atoms with van der Waals surface area (Å²) < 4.78 is 38.8. The van der Waals surface area contributed by atoms with Crippen LogP contribution < -0.4 is 5.32 Å². The number of thiazole rings is 1. The average Bonchev–Trinajstić information content (AvgIpc) is 2.73. The fraction of sp³-hybridized carbons (Fsp3) is 0.0909. The molecule has 0 fully saturated rings. The van der Waals surface area contributed by atoms with Crippen LogP contribution in [-0.4, -0.2) is 10.9 Å². The Labute approximate surface area is 132 Å². The summed E-state index contributed by atoms with van der Waals surface area (Å²) in [5.41, 5.74) is -0.989. The standard InChI is InChI=1S/C11H5Br2F3N2OS/c12-7-2-1-5(3-6(7)11(14,15)16)9(19)18-10-17-4-8(13)20-10/h1-4H,(H,17,18,19). The Morgan fingerprint density at radius 2 is 2.00 bits per heavy atom. The lowest BCUT2D eigenvalue weighted by atomic mass is 10.1. The van der Waals surface area contributed by atoms with Gasteiger partial charge in [0.05, 0.1) is 15.5 Å². The van der Waals surface area contributed by atoms with E-state index in [4.69, 9.17) is 0 Å². The number of carbonyl (C=O) groups excluding carboxylic acids is 1. The Bertz CT molecular complexity index is 657. The molecule has 2 aromatic rings. The first-order valence-electron chi connectivity index (χ1n) is 5.07. The summed E-state index contributed by atoms with van der Waals surface area (Å²) in [6, 6.07) is 3.29. The summed E-state index contributed by atoms with van der Waals surface area (Å²) in [5.74, 6) is -0.648. The van der Waals surface area contributed by atoms with Crippen molar-refractivity contribution >= 4 is 54.2 Å². The first-order valence-corrected chi connectivity index (χ1v) is 7.47. The number of benzene rings is 1. The lowest BCUT2D eigenvalue weighted by Gasteiger charge is -2.10. The van der Waals surface area contributed by atoms with Gasteiger partial charge in [-0.1, -0.05) is 27.3 Å². The zero-order chi connectivity index (χ0) is 14.9. The van der Waals surface area contributed by atoms with Crippen molar-refractivity contribution in [3.05, 3.63) is 43.8 Å². The Kier molecular flexibility index (Phi) is 4.50. The second-order valence-electron chi connectivity index (χ2n) is 3.62. The summed E-state index contributed by atoms with van der Waals surface area (Å²) in [4.78, 5) is 15.7. The number of hydrogen-bond acceptors (Lipinski definition) is 3. The minimum Gasteiger partial charge on any atom is -0.298 e. The SMILES string of the molecule is O=C(Nc1ncc(Br)s1)c1ccc(Br)c(C(F)(F)F)c1. The van der Waals surface area contributed by atoms with E-state index in [1.54, 1.807) is 0 Å². The largest absolute Gasteiger partial charge is 0.417 e. The molecular weight excluding hydrogens is 425 g/mol. The van der Waals surface area contributed by atoms with Gasteiger partial charge in [-0.3, -0.25) is 10.1 Å². The number of nitrogens with one attached hydrogen (secondary N) is 1. The molecule has 0 unspecified atom stereocenters. The van der Waals surface area contributed by atoms with Crippen molar-refractivity contribution in [2.75, 3.05) is 5.32 Å². The number of carbonyl (C=O) groups is 1. The highest BCUT2D eigenvalue weighted by molar-refractivity contribution is 9.11. The molecule has 1 heterocycles. The molecule has 1 aromatic carbocycles. The highest BCUT2D eigenvalue weighted by atomic mass is 79.9. The average molecular weight is 430 g/mol. The molecule has 0 aliphatic rings. The van der Waals surface area contributed by atoms with Crippen molar-refractivity contribution in [1.29, 1.82) is 0 Å². The van der Waals surface area contributed by atoms with Crippen LogP contribution in [0.15, 0.2) is 32.7 Å². The summed E-state index contributed by atoms with van der Waals surface area (Å²) in [7, 11) is 0. The van der Waals surface area contributed by atoms with E-state index in [0.717, 1.165) is 6.07 Å². The van der Waals surface area contributed by atoms with Crippen molar-refractivity contribution in [2.24, 2.45) is 0 Å². The van der Waals surface area contributed by atoms with Gasteiger partial charge in [0.15, 0.2) is 5.13 Å². The Morgan fingerprint density at radius 3 is 2.55 bits per heavy atom. The van der Waals surface area contributed by atoms with Crippen LogP contribution in [0.3, 0.4) is 0 Å². The Hall–Kier alpha value is -0.930. The maximum absolute atomic E-state index is 12.7. The Balaban J connectivity index is 2.27. The first kappa shape index (κ1) is 15.5. The molecular formula is C11H5Br2F3N2OS. The van der Waals surface area contributed by atoms with Crippen LogP contribution in [0.4, 0.5) is 18.3 Å². The van der Waals surface area contributed by atoms with Crippen LogP contribution in [0.5, 0.6) is 0 Å². The second kappa shape index (κ2) is 5.82. The van der Waals surface area contributed by atoms with Gasteiger partial charge in [-0.2, -0.15) is 13.2 Å². The highest BCUT2D eigenvalue weighted by Crippen LogP contribution is 2.35. The molecule has 20 heavy (non-hydrogen) atoms. The normalized spacial score (nSPS) is 11.4. The maximum Gasteiger partial charge on any atom is 0.417 e. The van der Waals surface area contributed by atoms with Gasteiger partial charge in [0.1, 0.15) is 0 Å². The summed E-state index contributed by atoms with van der Waals surface area (Å²) in [6.45, 7) is 0. The molecule has 0 radical (unpaired) electrons. The number of amides is 1. The molecule has 9 heteroatoms. The fourth-order valence-electron chi connectivity index (χ4n) is 1.37. The topological polar surface area (TPSA) is 42.0 Å². The van der Waals surface area contributed by atoms with Crippen molar-refractivity contribution in [3.63, 3.8) is 0 Å². The number of nitrogens with zero attached hydrogens (tertiary/aromatic N) is 1. The molecule has 0 bridgehead atoms. The number of halogens is 5. The first-order chi connectivity index (χ1) is 9.27. The number of aromatic nitrogens is 1. The fourth-order valence-corrected chi connectivity index (χ4v) is 2.94. The monoisotopic (exact) mass is 428 g/mol. The van der Waals surface area contributed by atoms with Crippen LogP contribution in [0.1, 0.15) is 15.9 Å². The van der Waals surface area contributed by atoms with Gasteiger partial charge >= 0.3 is 6.18 Å². The number of alkyl halides is 3. The molecule has 1 N–H and O–H groups in total. The van der Waals surface area contributed by atoms with Gasteiger partial charge in [0.2, 0.25) is 0 Å². The van der Waals surface area contributed by atoms with Gasteiger partial charge < -0.3 is 0 Å². The minimum absolute atomic E-state index is 0.0909. The van der Waals surface area contributed by atoms with Crippen LogP contribution in [0.2, 0.25) is 0 Å². The highest BCUT2D eigenvalue weighted by Gasteiger charge is 2.33. The van der Waals surface area contributed by atoms with Gasteiger partial charge in [-0.15, -0.1) is 0 Å². The molecule has 1 aromatic heterocycles. The van der Waals surface area contributed by atoms with Crippen molar-refractivity contribution < 1.29 is 18.0 Å². The molecule has 0 atom stereocenters. The van der Waals surface area contributed by atoms with Crippen LogP contribution in [0.25, 0.3) is 0 Å². The lowest BCUT2D eigenvalue weighted by molar-refractivity contribution is -0.138. The van der Waals surface area contributed by atoms with E-state index in [-0.39, 0.29) is 10.0 Å². The van der Waals surface area contributed by atoms with E-state index in [2.05, 4.69) is 42.2 Å². The molecule has 106 valence electrons. The molecule has 0 aliphatic heterocycles. The summed E-state index contributed by atoms with van der Waals surface area (Å²) >= 11 is 7.16. The molecule has 0 saturated heterocycles. The molecule has 0 aliphatic carbocycles. The predicted octanol–water partition coefficient (Wildman–Crippen LogP) is 4.94. The number of hydrogen-bond donors (Lipinski definition) is 1. The van der Waals surface area contributed by atoms with E-state index in [9.17, 15) is 18.0 Å². The van der Waals surface area contributed by atoms with Gasteiger partial charge in [0, 0.05) is 10.0 Å². The van der Waals surface area contributed by atoms with E-state index < -0.39 is 17.6 Å². The van der Waals surface area contributed by atoms with Crippen molar-refractivity contribution in [1.82, 2.24) is 4.98 Å².